The first-order valence-electron chi connectivity index (χ1n) is 2.94. The fourth-order valence-corrected chi connectivity index (χ4v) is 0.990. The molecule has 0 aromatic carbocycles. The number of hydroxylamine groups is 2. The van der Waals surface area contributed by atoms with Crippen molar-refractivity contribution < 1.29 is 4.94 Å². The Kier molecular flexibility index (Phi) is 8.09. The van der Waals surface area contributed by atoms with E-state index in [9.17, 15) is 0 Å². The predicted octanol–water partition coefficient (Wildman–Crippen LogP) is 0.977. The van der Waals surface area contributed by atoms with Crippen molar-refractivity contribution in [1.29, 1.82) is 0 Å². The number of hydrogen-bond donors (Lipinski definition) is 1. The van der Waals surface area contributed by atoms with Gasteiger partial charge in [-0.2, -0.15) is 11.0 Å². The molecular formula is C5H14Cl2N2O. The zero-order valence-corrected chi connectivity index (χ0v) is 7.58. The standard InChI is InChI=1S/C5H12N2O.2ClH/c1-5-2-3-7(4-5)8-6;;/h5H,2-4,6H2,1H3;2*1H. The van der Waals surface area contributed by atoms with Crippen molar-refractivity contribution in [3.05, 3.63) is 0 Å². The van der Waals surface area contributed by atoms with Crippen molar-refractivity contribution in [2.24, 2.45) is 11.8 Å². The lowest BCUT2D eigenvalue weighted by molar-refractivity contribution is -0.148. The second-order valence-corrected chi connectivity index (χ2v) is 2.39. The highest BCUT2D eigenvalue weighted by atomic mass is 35.5. The van der Waals surface area contributed by atoms with Crippen LogP contribution in [-0.2, 0) is 4.94 Å². The Morgan fingerprint density at radius 3 is 2.30 bits per heavy atom. The maximum absolute atomic E-state index is 4.92. The van der Waals surface area contributed by atoms with E-state index in [4.69, 9.17) is 5.90 Å². The van der Waals surface area contributed by atoms with Crippen LogP contribution in [0.2, 0.25) is 0 Å². The summed E-state index contributed by atoms with van der Waals surface area (Å²) in [5.74, 6) is 5.67. The van der Waals surface area contributed by atoms with Gasteiger partial charge in [-0.25, -0.2) is 4.94 Å². The normalized spacial score (nSPS) is 25.2. The zero-order valence-electron chi connectivity index (χ0n) is 5.95. The molecule has 1 heterocycles. The summed E-state index contributed by atoms with van der Waals surface area (Å²) in [5.41, 5.74) is 0. The second-order valence-electron chi connectivity index (χ2n) is 2.39. The molecule has 0 radical (unpaired) electrons. The molecule has 0 aromatic rings. The average Bonchev–Trinajstić information content (AvgIpc) is 2.14. The molecule has 1 fully saturated rings. The molecule has 10 heavy (non-hydrogen) atoms. The van der Waals surface area contributed by atoms with Crippen molar-refractivity contribution in [2.75, 3.05) is 13.1 Å². The molecule has 0 amide bonds. The minimum atomic E-state index is 0. The summed E-state index contributed by atoms with van der Waals surface area (Å²) in [7, 11) is 0. The van der Waals surface area contributed by atoms with Crippen LogP contribution in [0.5, 0.6) is 0 Å². The SMILES string of the molecule is CC1CCN(ON)C1.Cl.Cl. The third-order valence-corrected chi connectivity index (χ3v) is 1.54. The van der Waals surface area contributed by atoms with Gasteiger partial charge in [-0.15, -0.1) is 24.8 Å². The van der Waals surface area contributed by atoms with Crippen LogP contribution in [0.4, 0.5) is 0 Å². The largest absolute Gasteiger partial charge is 0.214 e. The van der Waals surface area contributed by atoms with Crippen molar-refractivity contribution in [3.63, 3.8) is 0 Å². The van der Waals surface area contributed by atoms with E-state index < -0.39 is 0 Å². The minimum absolute atomic E-state index is 0. The first-order chi connectivity index (χ1) is 3.83. The van der Waals surface area contributed by atoms with Crippen LogP contribution in [0, 0.1) is 5.92 Å². The van der Waals surface area contributed by atoms with E-state index in [2.05, 4.69) is 11.9 Å². The highest BCUT2D eigenvalue weighted by Gasteiger charge is 2.17. The molecule has 0 aliphatic carbocycles. The highest BCUT2D eigenvalue weighted by molar-refractivity contribution is 5.85. The Balaban J connectivity index is 0. The number of nitrogens with two attached hydrogens (primary N) is 1. The van der Waals surface area contributed by atoms with Gasteiger partial charge >= 0.3 is 0 Å². The number of halogens is 2. The van der Waals surface area contributed by atoms with Gasteiger partial charge in [-0.1, -0.05) is 6.92 Å². The summed E-state index contributed by atoms with van der Waals surface area (Å²) in [6.45, 7) is 4.16. The smallest absolute Gasteiger partial charge is 0.0285 e. The van der Waals surface area contributed by atoms with Crippen molar-refractivity contribution in [3.8, 4) is 0 Å². The quantitative estimate of drug-likeness (QED) is 0.625. The van der Waals surface area contributed by atoms with E-state index in [0.29, 0.717) is 0 Å². The lowest BCUT2D eigenvalue weighted by atomic mass is 10.2. The van der Waals surface area contributed by atoms with Crippen LogP contribution in [0.3, 0.4) is 0 Å². The Morgan fingerprint density at radius 2 is 2.10 bits per heavy atom. The van der Waals surface area contributed by atoms with E-state index in [1.165, 1.54) is 6.42 Å². The average molecular weight is 189 g/mol. The number of rotatable bonds is 1. The van der Waals surface area contributed by atoms with Crippen LogP contribution < -0.4 is 5.90 Å². The first kappa shape index (κ1) is 13.1. The maximum atomic E-state index is 4.92. The second kappa shape index (κ2) is 6.19. The molecule has 1 atom stereocenters. The fourth-order valence-electron chi connectivity index (χ4n) is 0.990. The summed E-state index contributed by atoms with van der Waals surface area (Å²) in [5, 5.41) is 1.78. The molecule has 0 aromatic heterocycles. The lowest BCUT2D eigenvalue weighted by Crippen LogP contribution is -2.24. The van der Waals surface area contributed by atoms with Gasteiger partial charge in [0, 0.05) is 13.1 Å². The van der Waals surface area contributed by atoms with Crippen molar-refractivity contribution in [2.45, 2.75) is 13.3 Å². The molecule has 3 nitrogen and oxygen atoms in total. The Morgan fingerprint density at radius 1 is 1.50 bits per heavy atom. The summed E-state index contributed by atoms with van der Waals surface area (Å²) in [6, 6.07) is 0. The molecule has 1 aliphatic heterocycles. The van der Waals surface area contributed by atoms with E-state index in [1.54, 1.807) is 5.06 Å². The molecule has 0 spiro atoms. The van der Waals surface area contributed by atoms with Gasteiger partial charge < -0.3 is 0 Å². The molecule has 1 saturated heterocycles. The summed E-state index contributed by atoms with van der Waals surface area (Å²) >= 11 is 0. The molecule has 2 N–H and O–H groups in total. The Hall–Kier alpha value is 0.460. The molecule has 0 saturated carbocycles. The molecule has 5 heteroatoms. The monoisotopic (exact) mass is 188 g/mol. The topological polar surface area (TPSA) is 38.5 Å². The fraction of sp³-hybridized carbons (Fsp3) is 1.00. The summed E-state index contributed by atoms with van der Waals surface area (Å²) < 4.78 is 0. The summed E-state index contributed by atoms with van der Waals surface area (Å²) in [6.07, 6.45) is 1.21. The third kappa shape index (κ3) is 3.58. The van der Waals surface area contributed by atoms with Crippen molar-refractivity contribution in [1.82, 2.24) is 5.06 Å². The molecule has 0 bridgehead atoms. The van der Waals surface area contributed by atoms with E-state index in [0.717, 1.165) is 19.0 Å². The van der Waals surface area contributed by atoms with E-state index in [-0.39, 0.29) is 24.8 Å². The van der Waals surface area contributed by atoms with E-state index in [1.807, 2.05) is 0 Å². The van der Waals surface area contributed by atoms with Gasteiger partial charge in [0.2, 0.25) is 0 Å². The number of hydrogen-bond acceptors (Lipinski definition) is 3. The van der Waals surface area contributed by atoms with Crippen LogP contribution in [0.1, 0.15) is 13.3 Å². The van der Waals surface area contributed by atoms with Gasteiger partial charge in [-0.05, 0) is 12.3 Å². The van der Waals surface area contributed by atoms with Gasteiger partial charge in [0.15, 0.2) is 0 Å². The lowest BCUT2D eigenvalue weighted by Gasteiger charge is -2.08. The van der Waals surface area contributed by atoms with Gasteiger partial charge in [-0.3, -0.25) is 0 Å². The molecule has 1 rings (SSSR count). The van der Waals surface area contributed by atoms with Crippen LogP contribution in [0.25, 0.3) is 0 Å². The van der Waals surface area contributed by atoms with Crippen LogP contribution >= 0.6 is 24.8 Å². The van der Waals surface area contributed by atoms with E-state index >= 15 is 0 Å². The van der Waals surface area contributed by atoms with Crippen LogP contribution in [0.15, 0.2) is 0 Å². The van der Waals surface area contributed by atoms with Gasteiger partial charge in [0.05, 0.1) is 0 Å². The predicted molar refractivity (Wildman–Crippen MR) is 45.1 cm³/mol. The van der Waals surface area contributed by atoms with Crippen molar-refractivity contribution >= 4 is 24.8 Å². The minimum Gasteiger partial charge on any atom is -0.214 e. The summed E-state index contributed by atoms with van der Waals surface area (Å²) in [4.78, 5) is 4.51. The first-order valence-corrected chi connectivity index (χ1v) is 2.94. The Labute approximate surface area is 73.6 Å². The Bertz CT molecular complexity index is 84.0. The highest BCUT2D eigenvalue weighted by Crippen LogP contribution is 2.13. The molecule has 1 unspecified atom stereocenters. The zero-order chi connectivity index (χ0) is 5.98. The maximum Gasteiger partial charge on any atom is 0.0285 e. The molecule has 1 aliphatic rings. The van der Waals surface area contributed by atoms with Crippen LogP contribution in [-0.4, -0.2) is 18.2 Å². The van der Waals surface area contributed by atoms with Gasteiger partial charge in [0.25, 0.3) is 0 Å². The van der Waals surface area contributed by atoms with Gasteiger partial charge in [0.1, 0.15) is 0 Å². The third-order valence-electron chi connectivity index (χ3n) is 1.54. The number of nitrogens with zero attached hydrogens (tertiary/aromatic N) is 1. The molecule has 64 valence electrons. The molecular weight excluding hydrogens is 175 g/mol.